The molecule has 3 rings (SSSR count). The van der Waals surface area contributed by atoms with Crippen LogP contribution in [0.4, 0.5) is 11.4 Å². The summed E-state index contributed by atoms with van der Waals surface area (Å²) >= 11 is 12.2. The highest BCUT2D eigenvalue weighted by atomic mass is 35.5. The number of hydrogen-bond donors (Lipinski definition) is 1. The van der Waals surface area contributed by atoms with Crippen LogP contribution >= 0.6 is 23.4 Å². The summed E-state index contributed by atoms with van der Waals surface area (Å²) in [5.41, 5.74) is 9.04. The molecule has 0 saturated carbocycles. The molecule has 0 aromatic heterocycles. The molecule has 1 atom stereocenters. The molecule has 1 aliphatic rings. The van der Waals surface area contributed by atoms with Crippen LogP contribution in [0.5, 0.6) is 0 Å². The molecule has 0 radical (unpaired) electrons. The topological polar surface area (TPSA) is 29.3 Å². The third-order valence-corrected chi connectivity index (χ3v) is 4.03. The van der Waals surface area contributed by atoms with Crippen LogP contribution in [0.15, 0.2) is 30.3 Å². The van der Waals surface area contributed by atoms with Crippen LogP contribution in [0, 0.1) is 0 Å². The van der Waals surface area contributed by atoms with Crippen LogP contribution in [0.1, 0.15) is 11.5 Å². The standard InChI is InChI=1S/C13H12Cl2N2/c14-6-8-7-17(15)12-5-11(16)9-3-1-2-4-10(9)13(8)12/h1-5,8H,6-7,16H2/t8-/m1/s1. The lowest BCUT2D eigenvalue weighted by atomic mass is 9.95. The monoisotopic (exact) mass is 266 g/mol. The molecule has 2 aromatic carbocycles. The molecule has 88 valence electrons. The van der Waals surface area contributed by atoms with Gasteiger partial charge in [0.2, 0.25) is 0 Å². The van der Waals surface area contributed by atoms with Gasteiger partial charge in [-0.15, -0.1) is 11.6 Å². The summed E-state index contributed by atoms with van der Waals surface area (Å²) in [6.45, 7) is 0.744. The normalized spacial score (nSPS) is 18.7. The van der Waals surface area contributed by atoms with Gasteiger partial charge in [-0.25, -0.2) is 0 Å². The third kappa shape index (κ3) is 1.55. The van der Waals surface area contributed by atoms with Crippen molar-refractivity contribution < 1.29 is 0 Å². The van der Waals surface area contributed by atoms with Crippen LogP contribution in [-0.4, -0.2) is 12.4 Å². The van der Waals surface area contributed by atoms with Gasteiger partial charge in [-0.05, 0) is 17.0 Å². The fourth-order valence-corrected chi connectivity index (χ4v) is 3.11. The molecule has 2 N–H and O–H groups in total. The number of benzene rings is 2. The number of rotatable bonds is 1. The van der Waals surface area contributed by atoms with E-state index in [4.69, 9.17) is 29.1 Å². The summed E-state index contributed by atoms with van der Waals surface area (Å²) < 4.78 is 1.71. The minimum atomic E-state index is 0.273. The molecule has 0 fully saturated rings. The molecule has 0 unspecified atom stereocenters. The number of alkyl halides is 1. The highest BCUT2D eigenvalue weighted by Crippen LogP contribution is 2.44. The van der Waals surface area contributed by atoms with Gasteiger partial charge < -0.3 is 5.73 Å². The molecule has 0 amide bonds. The molecule has 2 aromatic rings. The van der Waals surface area contributed by atoms with Crippen LogP contribution < -0.4 is 10.2 Å². The van der Waals surface area contributed by atoms with Gasteiger partial charge in [-0.1, -0.05) is 24.3 Å². The summed E-state index contributed by atoms with van der Waals surface area (Å²) in [7, 11) is 0. The Morgan fingerprint density at radius 2 is 2.00 bits per heavy atom. The van der Waals surface area contributed by atoms with Crippen molar-refractivity contribution in [1.82, 2.24) is 0 Å². The van der Waals surface area contributed by atoms with Crippen LogP contribution in [0.2, 0.25) is 0 Å². The zero-order chi connectivity index (χ0) is 12.0. The fraction of sp³-hybridized carbons (Fsp3) is 0.231. The van der Waals surface area contributed by atoms with E-state index in [9.17, 15) is 0 Å². The molecule has 0 aliphatic carbocycles. The Labute approximate surface area is 110 Å². The molecule has 17 heavy (non-hydrogen) atoms. The molecule has 1 aliphatic heterocycles. The Hall–Kier alpha value is -1.12. The number of nitrogen functional groups attached to an aromatic ring is 1. The highest BCUT2D eigenvalue weighted by Gasteiger charge is 2.29. The Bertz CT molecular complexity index is 583. The Kier molecular flexibility index (Phi) is 2.57. The summed E-state index contributed by atoms with van der Waals surface area (Å²) in [5.74, 6) is 0.846. The van der Waals surface area contributed by atoms with Crippen LogP contribution in [-0.2, 0) is 0 Å². The van der Waals surface area contributed by atoms with E-state index in [1.165, 1.54) is 5.56 Å². The number of nitrogens with zero attached hydrogens (tertiary/aromatic N) is 1. The van der Waals surface area contributed by atoms with E-state index in [1.54, 1.807) is 4.42 Å². The first-order chi connectivity index (χ1) is 8.22. The first-order valence-electron chi connectivity index (χ1n) is 5.52. The van der Waals surface area contributed by atoms with E-state index in [-0.39, 0.29) is 5.92 Å². The van der Waals surface area contributed by atoms with Crippen molar-refractivity contribution in [1.29, 1.82) is 0 Å². The fourth-order valence-electron chi connectivity index (χ4n) is 2.55. The Morgan fingerprint density at radius 3 is 2.71 bits per heavy atom. The molecule has 4 heteroatoms. The van der Waals surface area contributed by atoms with Crippen molar-refractivity contribution in [3.05, 3.63) is 35.9 Å². The van der Waals surface area contributed by atoms with Gasteiger partial charge in [0.05, 0.1) is 5.69 Å². The van der Waals surface area contributed by atoms with Gasteiger partial charge in [0, 0.05) is 41.2 Å². The predicted molar refractivity (Wildman–Crippen MR) is 75.0 cm³/mol. The first-order valence-corrected chi connectivity index (χ1v) is 6.40. The number of hydrogen-bond acceptors (Lipinski definition) is 2. The van der Waals surface area contributed by atoms with E-state index in [2.05, 4.69) is 6.07 Å². The van der Waals surface area contributed by atoms with E-state index in [0.717, 1.165) is 28.7 Å². The van der Waals surface area contributed by atoms with E-state index in [1.807, 2.05) is 24.3 Å². The third-order valence-electron chi connectivity index (χ3n) is 3.33. The minimum Gasteiger partial charge on any atom is -0.398 e. The lowest BCUT2D eigenvalue weighted by Crippen LogP contribution is -2.09. The van der Waals surface area contributed by atoms with Crippen molar-refractivity contribution in [2.24, 2.45) is 0 Å². The van der Waals surface area contributed by atoms with Gasteiger partial charge >= 0.3 is 0 Å². The Morgan fingerprint density at radius 1 is 1.29 bits per heavy atom. The molecular formula is C13H12Cl2N2. The molecule has 1 heterocycles. The average molecular weight is 267 g/mol. The summed E-state index contributed by atoms with van der Waals surface area (Å²) in [6, 6.07) is 10.1. The summed E-state index contributed by atoms with van der Waals surface area (Å²) in [5, 5.41) is 2.24. The molecule has 0 saturated heterocycles. The maximum atomic E-state index is 6.21. The Balaban J connectivity index is 2.38. The SMILES string of the molecule is Nc1cc2c(c3ccccc13)[C@H](CCl)CN2Cl. The second kappa shape index (κ2) is 3.97. The largest absolute Gasteiger partial charge is 0.398 e. The molecule has 0 spiro atoms. The van der Waals surface area contributed by atoms with Crippen LogP contribution in [0.25, 0.3) is 10.8 Å². The maximum Gasteiger partial charge on any atom is 0.0586 e. The van der Waals surface area contributed by atoms with Gasteiger partial charge in [-0.3, -0.25) is 4.42 Å². The van der Waals surface area contributed by atoms with Crippen molar-refractivity contribution >= 4 is 45.5 Å². The van der Waals surface area contributed by atoms with Gasteiger partial charge in [0.25, 0.3) is 0 Å². The smallest absolute Gasteiger partial charge is 0.0586 e. The second-order valence-corrected chi connectivity index (χ2v) is 5.06. The van der Waals surface area contributed by atoms with Gasteiger partial charge in [0.15, 0.2) is 0 Å². The average Bonchev–Trinajstić information content (AvgIpc) is 2.67. The zero-order valence-electron chi connectivity index (χ0n) is 9.16. The number of halogens is 2. The quantitative estimate of drug-likeness (QED) is 0.484. The van der Waals surface area contributed by atoms with Crippen molar-refractivity contribution in [2.45, 2.75) is 5.92 Å². The summed E-state index contributed by atoms with van der Waals surface area (Å²) in [4.78, 5) is 0. The van der Waals surface area contributed by atoms with E-state index < -0.39 is 0 Å². The first kappa shape index (κ1) is 11.0. The molecular weight excluding hydrogens is 255 g/mol. The van der Waals surface area contributed by atoms with E-state index >= 15 is 0 Å². The van der Waals surface area contributed by atoms with Gasteiger partial charge in [-0.2, -0.15) is 0 Å². The predicted octanol–water partition coefficient (Wildman–Crippen LogP) is 3.72. The van der Waals surface area contributed by atoms with Crippen molar-refractivity contribution in [2.75, 3.05) is 22.6 Å². The number of anilines is 2. The molecule has 2 nitrogen and oxygen atoms in total. The number of fused-ring (bicyclic) bond motifs is 3. The highest BCUT2D eigenvalue weighted by molar-refractivity contribution is 6.28. The summed E-state index contributed by atoms with van der Waals surface area (Å²) in [6.07, 6.45) is 0. The lowest BCUT2D eigenvalue weighted by Gasteiger charge is -2.12. The minimum absolute atomic E-state index is 0.273. The van der Waals surface area contributed by atoms with Crippen LogP contribution in [0.3, 0.4) is 0 Å². The maximum absolute atomic E-state index is 6.21. The van der Waals surface area contributed by atoms with Gasteiger partial charge in [0.1, 0.15) is 0 Å². The second-order valence-electron chi connectivity index (χ2n) is 4.34. The molecule has 0 bridgehead atoms. The van der Waals surface area contributed by atoms with Crippen molar-refractivity contribution in [3.63, 3.8) is 0 Å². The van der Waals surface area contributed by atoms with E-state index in [0.29, 0.717) is 5.88 Å². The lowest BCUT2D eigenvalue weighted by molar-refractivity contribution is 0.843. The zero-order valence-corrected chi connectivity index (χ0v) is 10.7. The number of nitrogens with two attached hydrogens (primary N) is 1. The van der Waals surface area contributed by atoms with Crippen molar-refractivity contribution in [3.8, 4) is 0 Å².